The number of amides is 1. The van der Waals surface area contributed by atoms with Crippen molar-refractivity contribution in [2.24, 2.45) is 16.6 Å². The number of aromatic nitrogens is 1. The van der Waals surface area contributed by atoms with Gasteiger partial charge in [0.05, 0.1) is 17.7 Å². The van der Waals surface area contributed by atoms with Gasteiger partial charge in [0.1, 0.15) is 17.1 Å². The summed E-state index contributed by atoms with van der Waals surface area (Å²) in [4.78, 5) is 21.1. The molecule has 0 radical (unpaired) electrons. The summed E-state index contributed by atoms with van der Waals surface area (Å²) in [7, 11) is 0. The Morgan fingerprint density at radius 3 is 3.00 bits per heavy atom. The molecule has 1 saturated heterocycles. The van der Waals surface area contributed by atoms with E-state index in [4.69, 9.17) is 22.1 Å². The highest BCUT2D eigenvalue weighted by atomic mass is 35.5. The van der Waals surface area contributed by atoms with Crippen molar-refractivity contribution in [2.75, 3.05) is 17.7 Å². The summed E-state index contributed by atoms with van der Waals surface area (Å²) < 4.78 is 20.8. The van der Waals surface area contributed by atoms with E-state index in [1.54, 1.807) is 12.1 Å². The molecule has 4 rings (SSSR count). The summed E-state index contributed by atoms with van der Waals surface area (Å²) in [6, 6.07) is 7.56. The fourth-order valence-corrected chi connectivity index (χ4v) is 4.92. The Bertz CT molecular complexity index is 971. The zero-order valence-corrected chi connectivity index (χ0v) is 17.3. The number of ether oxygens (including phenoxy) is 1. The molecule has 0 spiro atoms. The number of anilines is 1. The molecule has 2 aliphatic heterocycles. The molecule has 1 fully saturated rings. The first-order valence-corrected chi connectivity index (χ1v) is 10.6. The number of nitrogens with zero attached hydrogens (tertiary/aromatic N) is 2. The van der Waals surface area contributed by atoms with Crippen LogP contribution in [0.25, 0.3) is 0 Å². The number of carbonyl (C=O) groups is 1. The molecule has 3 atom stereocenters. The van der Waals surface area contributed by atoms with Gasteiger partial charge >= 0.3 is 0 Å². The molecule has 29 heavy (non-hydrogen) atoms. The second kappa shape index (κ2) is 7.93. The smallest absolute Gasteiger partial charge is 0.274 e. The molecule has 0 aliphatic carbocycles. The van der Waals surface area contributed by atoms with Crippen molar-refractivity contribution in [3.05, 3.63) is 58.6 Å². The van der Waals surface area contributed by atoms with Gasteiger partial charge < -0.3 is 15.8 Å². The van der Waals surface area contributed by atoms with E-state index in [1.165, 1.54) is 36.2 Å². The van der Waals surface area contributed by atoms with Gasteiger partial charge in [0.2, 0.25) is 0 Å². The normalized spacial score (nSPS) is 26.4. The van der Waals surface area contributed by atoms with E-state index in [0.29, 0.717) is 21.4 Å². The fraction of sp³-hybridized carbons (Fsp3) is 0.350. The number of thioether (sulfide) groups is 1. The number of nitrogens with one attached hydrogen (secondary N) is 1. The van der Waals surface area contributed by atoms with Crippen LogP contribution in [-0.4, -0.2) is 34.5 Å². The third kappa shape index (κ3) is 3.97. The first-order valence-electron chi connectivity index (χ1n) is 9.20. The van der Waals surface area contributed by atoms with Gasteiger partial charge in [-0.05, 0) is 43.7 Å². The van der Waals surface area contributed by atoms with E-state index in [-0.39, 0.29) is 24.3 Å². The summed E-state index contributed by atoms with van der Waals surface area (Å²) >= 11 is 7.29. The van der Waals surface area contributed by atoms with Gasteiger partial charge in [-0.15, -0.1) is 0 Å². The van der Waals surface area contributed by atoms with E-state index >= 15 is 0 Å². The number of nitrogens with two attached hydrogens (primary N) is 1. The summed E-state index contributed by atoms with van der Waals surface area (Å²) in [5.74, 6) is 0.0125. The number of hydrogen-bond donors (Lipinski definition) is 2. The Morgan fingerprint density at radius 2 is 2.24 bits per heavy atom. The molecule has 1 aromatic heterocycles. The Balaban J connectivity index is 1.68. The van der Waals surface area contributed by atoms with E-state index in [1.807, 2.05) is 6.92 Å². The summed E-state index contributed by atoms with van der Waals surface area (Å²) in [6.07, 6.45) is 2.23. The lowest BCUT2D eigenvalue weighted by atomic mass is 9.75. The van der Waals surface area contributed by atoms with Gasteiger partial charge in [-0.3, -0.25) is 4.79 Å². The Morgan fingerprint density at radius 1 is 1.41 bits per heavy atom. The van der Waals surface area contributed by atoms with Crippen molar-refractivity contribution in [2.45, 2.75) is 25.0 Å². The lowest BCUT2D eigenvalue weighted by Crippen LogP contribution is -2.50. The van der Waals surface area contributed by atoms with Crippen LogP contribution < -0.4 is 11.1 Å². The highest BCUT2D eigenvalue weighted by molar-refractivity contribution is 8.13. The second-order valence-corrected chi connectivity index (χ2v) is 8.73. The SMILES string of the molecule is C[C@H]1CC2CSC(N)=NC2(c2cc(NC(=O)c3ccc(Cl)cn3)ccc2F)CO1. The first kappa shape index (κ1) is 20.1. The largest absolute Gasteiger partial charge is 0.379 e. The molecule has 0 bridgehead atoms. The van der Waals surface area contributed by atoms with Crippen LogP contribution >= 0.6 is 23.4 Å². The maximum atomic E-state index is 14.9. The van der Waals surface area contributed by atoms with E-state index in [0.717, 1.165) is 12.2 Å². The number of pyridine rings is 1. The molecule has 1 aromatic carbocycles. The van der Waals surface area contributed by atoms with Gasteiger partial charge in [0.25, 0.3) is 5.91 Å². The van der Waals surface area contributed by atoms with Gasteiger partial charge in [-0.1, -0.05) is 23.4 Å². The molecule has 2 aliphatic rings. The molecule has 3 N–H and O–H groups in total. The Kier molecular flexibility index (Phi) is 5.50. The van der Waals surface area contributed by atoms with Crippen LogP contribution in [-0.2, 0) is 10.3 Å². The zero-order chi connectivity index (χ0) is 20.6. The molecule has 9 heteroatoms. The standard InChI is InChI=1S/C20H20ClFN4O2S/c1-11-6-12-9-29-19(23)26-20(12,10-28-11)15-7-14(3-4-16(15)22)25-18(27)17-5-2-13(21)8-24-17/h2-5,7-8,11-12H,6,9-10H2,1H3,(H2,23,26)(H,25,27)/t11-,12?,20?/m0/s1. The van der Waals surface area contributed by atoms with Crippen LogP contribution in [0.4, 0.5) is 10.1 Å². The molecular weight excluding hydrogens is 415 g/mol. The molecule has 152 valence electrons. The monoisotopic (exact) mass is 434 g/mol. The van der Waals surface area contributed by atoms with E-state index in [2.05, 4.69) is 15.3 Å². The second-order valence-electron chi connectivity index (χ2n) is 7.25. The van der Waals surface area contributed by atoms with Crippen molar-refractivity contribution in [3.8, 4) is 0 Å². The number of rotatable bonds is 3. The zero-order valence-electron chi connectivity index (χ0n) is 15.7. The molecular formula is C20H20ClFN4O2S. The van der Waals surface area contributed by atoms with Crippen LogP contribution in [0.1, 0.15) is 29.4 Å². The van der Waals surface area contributed by atoms with Crippen molar-refractivity contribution >= 4 is 40.1 Å². The lowest BCUT2D eigenvalue weighted by molar-refractivity contribution is -0.0476. The van der Waals surface area contributed by atoms with Crippen molar-refractivity contribution in [1.82, 2.24) is 4.98 Å². The first-order chi connectivity index (χ1) is 13.9. The van der Waals surface area contributed by atoms with Crippen molar-refractivity contribution in [1.29, 1.82) is 0 Å². The third-order valence-electron chi connectivity index (χ3n) is 5.27. The van der Waals surface area contributed by atoms with Crippen LogP contribution in [0.5, 0.6) is 0 Å². The van der Waals surface area contributed by atoms with Gasteiger partial charge in [-0.2, -0.15) is 0 Å². The summed E-state index contributed by atoms with van der Waals surface area (Å²) in [5, 5.41) is 3.61. The maximum absolute atomic E-state index is 14.9. The number of benzene rings is 1. The molecule has 1 amide bonds. The molecule has 2 unspecified atom stereocenters. The van der Waals surface area contributed by atoms with E-state index in [9.17, 15) is 9.18 Å². The Labute approximate surface area is 177 Å². The predicted octanol–water partition coefficient (Wildman–Crippen LogP) is 3.81. The van der Waals surface area contributed by atoms with Crippen molar-refractivity contribution in [3.63, 3.8) is 0 Å². The quantitative estimate of drug-likeness (QED) is 0.766. The van der Waals surface area contributed by atoms with Crippen molar-refractivity contribution < 1.29 is 13.9 Å². The topological polar surface area (TPSA) is 89.6 Å². The van der Waals surface area contributed by atoms with Gasteiger partial charge in [-0.25, -0.2) is 14.4 Å². The van der Waals surface area contributed by atoms with E-state index < -0.39 is 17.3 Å². The number of hydrogen-bond acceptors (Lipinski definition) is 6. The van der Waals surface area contributed by atoms with Gasteiger partial charge in [0.15, 0.2) is 5.17 Å². The van der Waals surface area contributed by atoms with Crippen LogP contribution in [0.3, 0.4) is 0 Å². The molecule has 3 heterocycles. The number of fused-ring (bicyclic) bond motifs is 1. The molecule has 6 nitrogen and oxygen atoms in total. The lowest BCUT2D eigenvalue weighted by Gasteiger charge is -2.45. The highest BCUT2D eigenvalue weighted by Gasteiger charge is 2.48. The minimum atomic E-state index is -0.898. The number of amidine groups is 1. The van der Waals surface area contributed by atoms with Gasteiger partial charge in [0, 0.05) is 29.1 Å². The minimum absolute atomic E-state index is 0.0742. The summed E-state index contributed by atoms with van der Waals surface area (Å²) in [6.45, 7) is 2.25. The number of carbonyl (C=O) groups excluding carboxylic acids is 1. The van der Waals surface area contributed by atoms with Crippen LogP contribution in [0.15, 0.2) is 41.5 Å². The number of halogens is 2. The molecule has 2 aromatic rings. The van der Waals surface area contributed by atoms with Crippen LogP contribution in [0.2, 0.25) is 5.02 Å². The average Bonchev–Trinajstić information content (AvgIpc) is 2.70. The third-order valence-corrected chi connectivity index (χ3v) is 6.45. The molecule has 0 saturated carbocycles. The highest BCUT2D eigenvalue weighted by Crippen LogP contribution is 2.47. The summed E-state index contributed by atoms with van der Waals surface area (Å²) in [5.41, 5.74) is 6.14. The minimum Gasteiger partial charge on any atom is -0.379 e. The predicted molar refractivity (Wildman–Crippen MR) is 113 cm³/mol. The Hall–Kier alpha value is -2.16. The fourth-order valence-electron chi connectivity index (χ4n) is 3.79. The average molecular weight is 435 g/mol. The maximum Gasteiger partial charge on any atom is 0.274 e. The number of aliphatic imine (C=N–C) groups is 1. The van der Waals surface area contributed by atoms with Crippen LogP contribution in [0, 0.1) is 11.7 Å².